The van der Waals surface area contributed by atoms with Crippen molar-refractivity contribution in [2.24, 2.45) is 5.73 Å². The summed E-state index contributed by atoms with van der Waals surface area (Å²) in [5, 5.41) is 0. The largest absolute Gasteiger partial charge is 0.489 e. The maximum atomic E-state index is 5.54. The van der Waals surface area contributed by atoms with Crippen LogP contribution in [-0.4, -0.2) is 21.0 Å². The average molecular weight is 221 g/mol. The molecule has 4 nitrogen and oxygen atoms in total. The van der Waals surface area contributed by atoms with Gasteiger partial charge in [0, 0.05) is 25.0 Å². The number of nitrogens with zero attached hydrogens (tertiary/aromatic N) is 2. The maximum Gasteiger partial charge on any atom is 0.179 e. The van der Waals surface area contributed by atoms with E-state index in [4.69, 9.17) is 22.7 Å². The molecular formula is C10H11N3OS. The van der Waals surface area contributed by atoms with Crippen molar-refractivity contribution in [2.45, 2.75) is 6.42 Å². The van der Waals surface area contributed by atoms with Gasteiger partial charge in [0.05, 0.1) is 11.6 Å². The Morgan fingerprint density at radius 1 is 1.53 bits per heavy atom. The molecule has 2 aromatic rings. The molecule has 0 saturated carbocycles. The number of rotatable bonds is 4. The van der Waals surface area contributed by atoms with Gasteiger partial charge in [0.25, 0.3) is 0 Å². The third kappa shape index (κ3) is 2.24. The van der Waals surface area contributed by atoms with Gasteiger partial charge in [0.1, 0.15) is 0 Å². The highest BCUT2D eigenvalue weighted by Crippen LogP contribution is 2.17. The minimum atomic E-state index is 0.463. The summed E-state index contributed by atoms with van der Waals surface area (Å²) in [4.78, 5) is 4.65. The molecule has 78 valence electrons. The molecule has 2 heterocycles. The molecule has 0 aliphatic heterocycles. The van der Waals surface area contributed by atoms with E-state index < -0.39 is 0 Å². The smallest absolute Gasteiger partial charge is 0.179 e. The molecule has 0 spiro atoms. The Morgan fingerprint density at radius 3 is 3.20 bits per heavy atom. The Kier molecular flexibility index (Phi) is 2.82. The van der Waals surface area contributed by atoms with Gasteiger partial charge in [0.15, 0.2) is 11.4 Å². The van der Waals surface area contributed by atoms with Gasteiger partial charge in [-0.3, -0.25) is 0 Å². The number of hydrogen-bond donors (Lipinski definition) is 1. The molecule has 2 aromatic heterocycles. The van der Waals surface area contributed by atoms with Crippen LogP contribution in [0.5, 0.6) is 5.75 Å². The Balaban J connectivity index is 2.13. The Labute approximate surface area is 92.7 Å². The van der Waals surface area contributed by atoms with Gasteiger partial charge in [-0.25, -0.2) is 4.98 Å². The van der Waals surface area contributed by atoms with E-state index in [1.165, 1.54) is 0 Å². The fourth-order valence-electron chi connectivity index (χ4n) is 1.30. The molecule has 0 atom stereocenters. The van der Waals surface area contributed by atoms with Gasteiger partial charge in [-0.05, 0) is 12.1 Å². The zero-order valence-electron chi connectivity index (χ0n) is 8.09. The zero-order chi connectivity index (χ0) is 10.7. The van der Waals surface area contributed by atoms with Crippen LogP contribution in [0.2, 0.25) is 0 Å². The van der Waals surface area contributed by atoms with Crippen LogP contribution in [0.3, 0.4) is 0 Å². The molecule has 0 aliphatic rings. The van der Waals surface area contributed by atoms with Crippen LogP contribution in [0.1, 0.15) is 6.42 Å². The van der Waals surface area contributed by atoms with Crippen molar-refractivity contribution in [1.29, 1.82) is 0 Å². The Bertz CT molecular complexity index is 480. The second-order valence-corrected chi connectivity index (χ2v) is 3.62. The van der Waals surface area contributed by atoms with E-state index in [9.17, 15) is 0 Å². The SMILES string of the molecule is NC(=S)CCOc1cccn2ccnc12. The lowest BCUT2D eigenvalue weighted by atomic mass is 10.4. The third-order valence-corrected chi connectivity index (χ3v) is 2.19. The van der Waals surface area contributed by atoms with E-state index >= 15 is 0 Å². The number of hydrogen-bond acceptors (Lipinski definition) is 3. The van der Waals surface area contributed by atoms with Crippen LogP contribution >= 0.6 is 12.2 Å². The van der Waals surface area contributed by atoms with Gasteiger partial charge in [0.2, 0.25) is 0 Å². The predicted octanol–water partition coefficient (Wildman–Crippen LogP) is 1.39. The topological polar surface area (TPSA) is 52.5 Å². The van der Waals surface area contributed by atoms with Crippen LogP contribution < -0.4 is 10.5 Å². The summed E-state index contributed by atoms with van der Waals surface area (Å²) in [5.41, 5.74) is 6.19. The number of ether oxygens (including phenoxy) is 1. The lowest BCUT2D eigenvalue weighted by molar-refractivity contribution is 0.331. The van der Waals surface area contributed by atoms with Crippen molar-refractivity contribution in [3.8, 4) is 5.75 Å². The highest BCUT2D eigenvalue weighted by molar-refractivity contribution is 7.80. The van der Waals surface area contributed by atoms with Crippen LogP contribution in [0.25, 0.3) is 5.65 Å². The summed E-state index contributed by atoms with van der Waals surface area (Å²) in [6, 6.07) is 3.78. The first-order chi connectivity index (χ1) is 7.27. The molecule has 2 rings (SSSR count). The monoisotopic (exact) mass is 221 g/mol. The van der Waals surface area contributed by atoms with Crippen molar-refractivity contribution in [2.75, 3.05) is 6.61 Å². The highest BCUT2D eigenvalue weighted by atomic mass is 32.1. The number of fused-ring (bicyclic) bond motifs is 1. The van der Waals surface area contributed by atoms with Crippen LogP contribution in [0, 0.1) is 0 Å². The number of imidazole rings is 1. The van der Waals surface area contributed by atoms with Gasteiger partial charge in [-0.15, -0.1) is 0 Å². The van der Waals surface area contributed by atoms with Gasteiger partial charge >= 0.3 is 0 Å². The van der Waals surface area contributed by atoms with Crippen LogP contribution in [-0.2, 0) is 0 Å². The molecule has 0 bridgehead atoms. The van der Waals surface area contributed by atoms with E-state index in [2.05, 4.69) is 4.98 Å². The van der Waals surface area contributed by atoms with Crippen molar-refractivity contribution in [3.63, 3.8) is 0 Å². The molecule has 0 saturated heterocycles. The summed E-state index contributed by atoms with van der Waals surface area (Å²) in [7, 11) is 0. The molecule has 0 unspecified atom stereocenters. The summed E-state index contributed by atoms with van der Waals surface area (Å²) >= 11 is 4.77. The minimum Gasteiger partial charge on any atom is -0.489 e. The molecular weight excluding hydrogens is 210 g/mol. The lowest BCUT2D eigenvalue weighted by Gasteiger charge is -2.06. The van der Waals surface area contributed by atoms with E-state index in [0.717, 1.165) is 11.4 Å². The van der Waals surface area contributed by atoms with Crippen molar-refractivity contribution in [1.82, 2.24) is 9.38 Å². The first kappa shape index (κ1) is 9.92. The first-order valence-corrected chi connectivity index (χ1v) is 5.01. The normalized spacial score (nSPS) is 10.4. The molecule has 0 amide bonds. The quantitative estimate of drug-likeness (QED) is 0.793. The lowest BCUT2D eigenvalue weighted by Crippen LogP contribution is -2.12. The van der Waals surface area contributed by atoms with Crippen molar-refractivity contribution >= 4 is 22.9 Å². The maximum absolute atomic E-state index is 5.54. The Hall–Kier alpha value is -1.62. The summed E-state index contributed by atoms with van der Waals surface area (Å²) in [6.45, 7) is 0.488. The van der Waals surface area contributed by atoms with Crippen molar-refractivity contribution in [3.05, 3.63) is 30.7 Å². The summed E-state index contributed by atoms with van der Waals surface area (Å²) < 4.78 is 7.44. The molecule has 5 heteroatoms. The molecule has 0 radical (unpaired) electrons. The standard InChI is InChI=1S/C10H11N3OS/c11-9(15)3-7-14-8-2-1-5-13-6-4-12-10(8)13/h1-2,4-6H,3,7H2,(H2,11,15). The van der Waals surface area contributed by atoms with Crippen LogP contribution in [0.4, 0.5) is 0 Å². The molecule has 0 aliphatic carbocycles. The number of thiocarbonyl (C=S) groups is 1. The summed E-state index contributed by atoms with van der Waals surface area (Å²) in [5.74, 6) is 0.749. The summed E-state index contributed by atoms with van der Waals surface area (Å²) in [6.07, 6.45) is 6.10. The minimum absolute atomic E-state index is 0.463. The second-order valence-electron chi connectivity index (χ2n) is 3.10. The fraction of sp³-hybridized carbons (Fsp3) is 0.200. The zero-order valence-corrected chi connectivity index (χ0v) is 8.91. The fourth-order valence-corrected chi connectivity index (χ4v) is 1.38. The van der Waals surface area contributed by atoms with E-state index in [1.807, 2.05) is 28.9 Å². The van der Waals surface area contributed by atoms with Gasteiger partial charge in [-0.2, -0.15) is 0 Å². The molecule has 15 heavy (non-hydrogen) atoms. The van der Waals surface area contributed by atoms with Crippen molar-refractivity contribution < 1.29 is 4.74 Å². The third-order valence-electron chi connectivity index (χ3n) is 1.99. The van der Waals surface area contributed by atoms with E-state index in [-0.39, 0.29) is 0 Å². The van der Waals surface area contributed by atoms with E-state index in [0.29, 0.717) is 18.0 Å². The van der Waals surface area contributed by atoms with Gasteiger partial charge in [-0.1, -0.05) is 12.2 Å². The van der Waals surface area contributed by atoms with Gasteiger partial charge < -0.3 is 14.9 Å². The average Bonchev–Trinajstić information content (AvgIpc) is 2.65. The number of aromatic nitrogens is 2. The predicted molar refractivity (Wildman–Crippen MR) is 62.1 cm³/mol. The first-order valence-electron chi connectivity index (χ1n) is 4.60. The Morgan fingerprint density at radius 2 is 2.40 bits per heavy atom. The molecule has 2 N–H and O–H groups in total. The number of nitrogens with two attached hydrogens (primary N) is 1. The van der Waals surface area contributed by atoms with Crippen LogP contribution in [0.15, 0.2) is 30.7 Å². The second kappa shape index (κ2) is 4.27. The molecule has 0 fully saturated rings. The highest BCUT2D eigenvalue weighted by Gasteiger charge is 2.02. The number of pyridine rings is 1. The molecule has 0 aromatic carbocycles. The van der Waals surface area contributed by atoms with E-state index in [1.54, 1.807) is 6.20 Å².